The largest absolute Gasteiger partial charge is 0.493 e. The zero-order valence-electron chi connectivity index (χ0n) is 21.8. The van der Waals surface area contributed by atoms with E-state index in [0.717, 1.165) is 16.5 Å². The lowest BCUT2D eigenvalue weighted by Crippen LogP contribution is -2.45. The maximum absolute atomic E-state index is 12.4. The third kappa shape index (κ3) is 5.93. The number of nitrogens with zero attached hydrogens (tertiary/aromatic N) is 2. The number of para-hydroxylation sites is 1. The van der Waals surface area contributed by atoms with E-state index in [1.54, 1.807) is 31.3 Å². The Morgan fingerprint density at radius 3 is 2.72 bits per heavy atom. The quantitative estimate of drug-likeness (QED) is 0.159. The predicted octanol–water partition coefficient (Wildman–Crippen LogP) is 3.17. The molecule has 3 aromatic rings. The molecule has 11 heteroatoms. The average molecular weight is 532 g/mol. The molecule has 1 aromatic heterocycles. The molecular formula is C28H29N5O6. The number of fused-ring (bicyclic) bond motifs is 1. The zero-order valence-corrected chi connectivity index (χ0v) is 21.8. The molecule has 1 atom stereocenters. The van der Waals surface area contributed by atoms with Crippen LogP contribution >= 0.6 is 0 Å². The number of rotatable bonds is 10. The van der Waals surface area contributed by atoms with E-state index in [4.69, 9.17) is 14.2 Å². The highest BCUT2D eigenvalue weighted by Crippen LogP contribution is 2.34. The molecule has 0 spiro atoms. The molecule has 39 heavy (non-hydrogen) atoms. The van der Waals surface area contributed by atoms with E-state index < -0.39 is 23.9 Å². The Morgan fingerprint density at radius 2 is 1.97 bits per heavy atom. The maximum Gasteiger partial charge on any atom is 0.337 e. The highest BCUT2D eigenvalue weighted by Gasteiger charge is 2.32. The van der Waals surface area contributed by atoms with Crippen LogP contribution in [0, 0.1) is 0 Å². The number of benzene rings is 2. The summed E-state index contributed by atoms with van der Waals surface area (Å²) in [5.74, 6) is -0.432. The Balaban J connectivity index is 1.43. The summed E-state index contributed by atoms with van der Waals surface area (Å²) in [5.41, 5.74) is 5.57. The van der Waals surface area contributed by atoms with Gasteiger partial charge in [-0.25, -0.2) is 15.0 Å². The zero-order chi connectivity index (χ0) is 27.9. The number of urea groups is 1. The van der Waals surface area contributed by atoms with Gasteiger partial charge >= 0.3 is 12.0 Å². The maximum atomic E-state index is 12.4. The fourth-order valence-corrected chi connectivity index (χ4v) is 4.32. The Bertz CT molecular complexity index is 1490. The molecule has 202 valence electrons. The first kappa shape index (κ1) is 27.0. The van der Waals surface area contributed by atoms with Gasteiger partial charge < -0.3 is 29.4 Å². The number of hydrogen-bond acceptors (Lipinski definition) is 7. The summed E-state index contributed by atoms with van der Waals surface area (Å²) in [6.07, 6.45) is 5.33. The van der Waals surface area contributed by atoms with Gasteiger partial charge in [0.15, 0.2) is 18.1 Å². The van der Waals surface area contributed by atoms with Gasteiger partial charge in [0.05, 0.1) is 32.0 Å². The van der Waals surface area contributed by atoms with Crippen LogP contribution in [0.3, 0.4) is 0 Å². The first-order chi connectivity index (χ1) is 18.9. The molecule has 3 N–H and O–H groups in total. The number of amides is 3. The number of allylic oxidation sites excluding steroid dienone is 2. The summed E-state index contributed by atoms with van der Waals surface area (Å²) in [6, 6.07) is 11.6. The first-order valence-corrected chi connectivity index (χ1v) is 12.0. The van der Waals surface area contributed by atoms with Crippen molar-refractivity contribution in [2.75, 3.05) is 20.8 Å². The Morgan fingerprint density at radius 1 is 1.18 bits per heavy atom. The number of methoxy groups -OCH3 is 2. The molecule has 4 rings (SSSR count). The standard InChI is InChI=1S/C28H29N5O6/c1-5-12-33-15-19(20-8-6-7-9-21(20)33)14-29-32-24(34)16-39-22-11-10-18(13-23(22)37-3)26-25(27(35)38-4)17(2)30-28(36)31-26/h5-11,13-15,26H,1,12,16H2,2-4H3,(H,32,34)(H2,30,31,36)/b29-14-/t26-/m0/s1. The van der Waals surface area contributed by atoms with Gasteiger partial charge in [-0.2, -0.15) is 5.10 Å². The second-order valence-corrected chi connectivity index (χ2v) is 8.60. The molecule has 0 bridgehead atoms. The molecule has 0 unspecified atom stereocenters. The van der Waals surface area contributed by atoms with Crippen molar-refractivity contribution < 1.29 is 28.6 Å². The van der Waals surface area contributed by atoms with Gasteiger partial charge in [0.1, 0.15) is 0 Å². The van der Waals surface area contributed by atoms with Gasteiger partial charge in [-0.15, -0.1) is 6.58 Å². The van der Waals surface area contributed by atoms with Crippen molar-refractivity contribution in [3.63, 3.8) is 0 Å². The van der Waals surface area contributed by atoms with E-state index in [1.165, 1.54) is 14.2 Å². The predicted molar refractivity (Wildman–Crippen MR) is 145 cm³/mol. The van der Waals surface area contributed by atoms with Gasteiger partial charge in [-0.05, 0) is 30.7 Å². The molecule has 1 aliphatic rings. The third-order valence-electron chi connectivity index (χ3n) is 6.09. The van der Waals surface area contributed by atoms with Crippen LogP contribution in [0.4, 0.5) is 4.79 Å². The molecule has 0 radical (unpaired) electrons. The monoisotopic (exact) mass is 531 g/mol. The lowest BCUT2D eigenvalue weighted by molar-refractivity contribution is -0.136. The summed E-state index contributed by atoms with van der Waals surface area (Å²) in [4.78, 5) is 36.8. The molecule has 2 heterocycles. The normalized spacial score (nSPS) is 15.1. The number of esters is 1. The van der Waals surface area contributed by atoms with E-state index >= 15 is 0 Å². The van der Waals surface area contributed by atoms with Crippen molar-refractivity contribution in [3.8, 4) is 11.5 Å². The van der Waals surface area contributed by atoms with Crippen LogP contribution in [0.25, 0.3) is 10.9 Å². The molecule has 0 fully saturated rings. The molecular weight excluding hydrogens is 502 g/mol. The van der Waals surface area contributed by atoms with Crippen LogP contribution < -0.4 is 25.5 Å². The molecule has 3 amide bonds. The van der Waals surface area contributed by atoms with Crippen LogP contribution in [0.2, 0.25) is 0 Å². The van der Waals surface area contributed by atoms with Crippen LogP contribution in [0.15, 0.2) is 77.7 Å². The summed E-state index contributed by atoms with van der Waals surface area (Å²) >= 11 is 0. The molecule has 0 aliphatic carbocycles. The summed E-state index contributed by atoms with van der Waals surface area (Å²) in [5, 5.41) is 10.4. The minimum atomic E-state index is -0.760. The van der Waals surface area contributed by atoms with Crippen LogP contribution in [0.5, 0.6) is 11.5 Å². The SMILES string of the molecule is C=CCn1cc(/C=N\NC(=O)COc2ccc([C@@H]3NC(=O)NC(C)=C3C(=O)OC)cc2OC)c2ccccc21. The lowest BCUT2D eigenvalue weighted by atomic mass is 9.95. The second kappa shape index (κ2) is 12.0. The molecule has 2 aromatic carbocycles. The van der Waals surface area contributed by atoms with Crippen molar-refractivity contribution >= 4 is 35.0 Å². The first-order valence-electron chi connectivity index (χ1n) is 12.0. The Hall–Kier alpha value is -5.06. The Kier molecular flexibility index (Phi) is 8.30. The number of hydrazone groups is 1. The topological polar surface area (TPSA) is 132 Å². The molecule has 1 aliphatic heterocycles. The minimum Gasteiger partial charge on any atom is -0.493 e. The number of ether oxygens (including phenoxy) is 3. The highest BCUT2D eigenvalue weighted by molar-refractivity contribution is 5.99. The smallest absolute Gasteiger partial charge is 0.337 e. The van der Waals surface area contributed by atoms with Gasteiger partial charge in [-0.3, -0.25) is 4.79 Å². The number of aromatic nitrogens is 1. The van der Waals surface area contributed by atoms with E-state index in [0.29, 0.717) is 29.3 Å². The number of hydrogen-bond donors (Lipinski definition) is 3. The number of carbonyl (C=O) groups excluding carboxylic acids is 3. The fourth-order valence-electron chi connectivity index (χ4n) is 4.32. The van der Waals surface area contributed by atoms with Crippen LogP contribution in [-0.4, -0.2) is 49.5 Å². The van der Waals surface area contributed by atoms with E-state index in [9.17, 15) is 14.4 Å². The van der Waals surface area contributed by atoms with Gasteiger partial charge in [0.2, 0.25) is 0 Å². The second-order valence-electron chi connectivity index (χ2n) is 8.60. The van der Waals surface area contributed by atoms with Gasteiger partial charge in [0, 0.05) is 34.9 Å². The fraction of sp³-hybridized carbons (Fsp3) is 0.214. The van der Waals surface area contributed by atoms with Crippen LogP contribution in [0.1, 0.15) is 24.1 Å². The summed E-state index contributed by atoms with van der Waals surface area (Å²) in [7, 11) is 2.71. The van der Waals surface area contributed by atoms with Gasteiger partial charge in [0.25, 0.3) is 5.91 Å². The Labute approximate surface area is 225 Å². The summed E-state index contributed by atoms with van der Waals surface area (Å²) < 4.78 is 18.0. The van der Waals surface area contributed by atoms with Crippen molar-refractivity contribution in [2.24, 2.45) is 5.10 Å². The summed E-state index contributed by atoms with van der Waals surface area (Å²) in [6.45, 7) is 5.74. The molecule has 0 saturated carbocycles. The minimum absolute atomic E-state index is 0.262. The average Bonchev–Trinajstić information content (AvgIpc) is 3.28. The van der Waals surface area contributed by atoms with E-state index in [-0.39, 0.29) is 12.2 Å². The molecule has 11 nitrogen and oxygen atoms in total. The van der Waals surface area contributed by atoms with Crippen LogP contribution in [-0.2, 0) is 20.9 Å². The third-order valence-corrected chi connectivity index (χ3v) is 6.09. The van der Waals surface area contributed by atoms with Crippen molar-refractivity contribution in [2.45, 2.75) is 19.5 Å². The number of nitrogens with one attached hydrogen (secondary N) is 3. The van der Waals surface area contributed by atoms with Gasteiger partial charge in [-0.1, -0.05) is 30.3 Å². The van der Waals surface area contributed by atoms with E-state index in [2.05, 4.69) is 27.7 Å². The molecule has 0 saturated heterocycles. The number of carbonyl (C=O) groups is 3. The lowest BCUT2D eigenvalue weighted by Gasteiger charge is -2.28. The highest BCUT2D eigenvalue weighted by atomic mass is 16.5. The van der Waals surface area contributed by atoms with E-state index in [1.807, 2.05) is 41.1 Å². The van der Waals surface area contributed by atoms with Crippen molar-refractivity contribution in [3.05, 3.63) is 83.7 Å². The van der Waals surface area contributed by atoms with Crippen molar-refractivity contribution in [1.29, 1.82) is 0 Å². The van der Waals surface area contributed by atoms with Crippen molar-refractivity contribution in [1.82, 2.24) is 20.6 Å².